The lowest BCUT2D eigenvalue weighted by atomic mass is 10.0. The lowest BCUT2D eigenvalue weighted by Crippen LogP contribution is -2.33. The molecule has 0 aliphatic heterocycles. The Balaban J connectivity index is 2.14. The van der Waals surface area contributed by atoms with Gasteiger partial charge in [0.05, 0.1) is 18.6 Å². The number of aryl methyl sites for hydroxylation is 2. The molecule has 0 bridgehead atoms. The van der Waals surface area contributed by atoms with Crippen LogP contribution in [0, 0.1) is 19.8 Å². The van der Waals surface area contributed by atoms with Crippen molar-refractivity contribution >= 4 is 27.5 Å². The van der Waals surface area contributed by atoms with Gasteiger partial charge in [-0.1, -0.05) is 32.9 Å². The van der Waals surface area contributed by atoms with Gasteiger partial charge in [0.15, 0.2) is 0 Å². The third-order valence-corrected chi connectivity index (χ3v) is 6.09. The first-order valence-electron chi connectivity index (χ1n) is 10.7. The Kier molecular flexibility index (Phi) is 7.15. The smallest absolute Gasteiger partial charge is 0.329 e. The lowest BCUT2D eigenvalue weighted by Gasteiger charge is -2.20. The highest BCUT2D eigenvalue weighted by molar-refractivity contribution is 7.19. The van der Waals surface area contributed by atoms with Crippen LogP contribution in [0.2, 0.25) is 0 Å². The fourth-order valence-electron chi connectivity index (χ4n) is 3.67. The molecule has 1 atom stereocenters. The van der Waals surface area contributed by atoms with E-state index in [2.05, 4.69) is 4.98 Å². The van der Waals surface area contributed by atoms with E-state index in [1.807, 2.05) is 58.9 Å². The number of esters is 1. The molecular formula is C24H30N2O4S. The minimum atomic E-state index is -0.698. The van der Waals surface area contributed by atoms with Crippen molar-refractivity contribution in [2.75, 3.05) is 13.2 Å². The molecule has 0 aliphatic carbocycles. The topological polar surface area (TPSA) is 70.4 Å². The van der Waals surface area contributed by atoms with E-state index in [0.29, 0.717) is 35.7 Å². The quantitative estimate of drug-likeness (QED) is 0.443. The maximum absolute atomic E-state index is 13.7. The molecule has 0 saturated heterocycles. The third kappa shape index (κ3) is 4.66. The molecule has 166 valence electrons. The molecule has 0 amide bonds. The van der Waals surface area contributed by atoms with Crippen molar-refractivity contribution in [3.05, 3.63) is 45.3 Å². The van der Waals surface area contributed by atoms with Gasteiger partial charge in [0.25, 0.3) is 5.56 Å². The van der Waals surface area contributed by atoms with Crippen LogP contribution in [0.15, 0.2) is 29.1 Å². The Bertz CT molecular complexity index is 1130. The number of nitrogens with zero attached hydrogens (tertiary/aromatic N) is 2. The molecule has 0 fully saturated rings. The van der Waals surface area contributed by atoms with Gasteiger partial charge in [-0.05, 0) is 50.8 Å². The van der Waals surface area contributed by atoms with Gasteiger partial charge in [0.2, 0.25) is 0 Å². The van der Waals surface area contributed by atoms with E-state index in [-0.39, 0.29) is 11.5 Å². The minimum Gasteiger partial charge on any atom is -0.494 e. The summed E-state index contributed by atoms with van der Waals surface area (Å²) in [5.74, 6) is 1.14. The number of hydrogen-bond acceptors (Lipinski definition) is 6. The largest absolute Gasteiger partial charge is 0.494 e. The van der Waals surface area contributed by atoms with Gasteiger partial charge in [0, 0.05) is 10.4 Å². The standard InChI is InChI=1S/C24H30N2O4S/c1-7-19(24(28)30-13-14(3)4)26-16(6)25-22-21(23(26)27)20(15(5)31-22)17-9-11-18(12-10-17)29-8-2/h9-12,14,19H,7-8,13H2,1-6H3. The average molecular weight is 443 g/mol. The number of carbonyl (C=O) groups is 1. The predicted octanol–water partition coefficient (Wildman–Crippen LogP) is 5.29. The molecule has 7 heteroatoms. The van der Waals surface area contributed by atoms with Crippen molar-refractivity contribution in [2.24, 2.45) is 5.92 Å². The van der Waals surface area contributed by atoms with E-state index < -0.39 is 12.0 Å². The number of thiophene rings is 1. The molecule has 2 heterocycles. The SMILES string of the molecule is CCOc1ccc(-c2c(C)sc3nc(C)n(C(CC)C(=O)OCC(C)C)c(=O)c23)cc1. The van der Waals surface area contributed by atoms with Crippen molar-refractivity contribution in [3.8, 4) is 16.9 Å². The number of aromatic nitrogens is 2. The van der Waals surface area contributed by atoms with Gasteiger partial charge < -0.3 is 9.47 Å². The van der Waals surface area contributed by atoms with E-state index >= 15 is 0 Å². The summed E-state index contributed by atoms with van der Waals surface area (Å²) in [4.78, 5) is 32.8. The summed E-state index contributed by atoms with van der Waals surface area (Å²) in [7, 11) is 0. The minimum absolute atomic E-state index is 0.205. The second-order valence-electron chi connectivity index (χ2n) is 7.95. The number of ether oxygens (including phenoxy) is 2. The van der Waals surface area contributed by atoms with Gasteiger partial charge >= 0.3 is 5.97 Å². The van der Waals surface area contributed by atoms with Gasteiger partial charge in [-0.3, -0.25) is 9.36 Å². The van der Waals surface area contributed by atoms with Crippen LogP contribution in [0.4, 0.5) is 0 Å². The van der Waals surface area contributed by atoms with E-state index in [4.69, 9.17) is 9.47 Å². The fraction of sp³-hybridized carbons (Fsp3) is 0.458. The summed E-state index contributed by atoms with van der Waals surface area (Å²) in [6.07, 6.45) is 0.451. The van der Waals surface area contributed by atoms with Crippen molar-refractivity contribution < 1.29 is 14.3 Å². The first-order chi connectivity index (χ1) is 14.8. The molecule has 0 aliphatic rings. The van der Waals surface area contributed by atoms with Crippen molar-refractivity contribution in [1.29, 1.82) is 0 Å². The monoisotopic (exact) mass is 442 g/mol. The second-order valence-corrected chi connectivity index (χ2v) is 9.16. The normalized spacial score (nSPS) is 12.4. The zero-order chi connectivity index (χ0) is 22.7. The van der Waals surface area contributed by atoms with E-state index in [0.717, 1.165) is 21.8 Å². The first-order valence-corrected chi connectivity index (χ1v) is 11.5. The lowest BCUT2D eigenvalue weighted by molar-refractivity contribution is -0.149. The molecule has 6 nitrogen and oxygen atoms in total. The molecule has 31 heavy (non-hydrogen) atoms. The second kappa shape index (κ2) is 9.64. The molecule has 1 aromatic carbocycles. The van der Waals surface area contributed by atoms with Gasteiger partial charge in [-0.25, -0.2) is 9.78 Å². The Morgan fingerprint density at radius 2 is 1.84 bits per heavy atom. The number of carbonyl (C=O) groups excluding carboxylic acids is 1. The molecule has 0 radical (unpaired) electrons. The molecule has 0 N–H and O–H groups in total. The number of hydrogen-bond donors (Lipinski definition) is 0. The molecule has 3 rings (SSSR count). The molecule has 3 aromatic rings. The number of fused-ring (bicyclic) bond motifs is 1. The van der Waals surface area contributed by atoms with Gasteiger partial charge in [-0.2, -0.15) is 0 Å². The van der Waals surface area contributed by atoms with E-state index in [9.17, 15) is 9.59 Å². The molecule has 0 saturated carbocycles. The van der Waals surface area contributed by atoms with Gasteiger partial charge in [0.1, 0.15) is 22.4 Å². The van der Waals surface area contributed by atoms with Crippen LogP contribution in [-0.2, 0) is 9.53 Å². The average Bonchev–Trinajstić information content (AvgIpc) is 3.06. The zero-order valence-corrected chi connectivity index (χ0v) is 19.8. The highest BCUT2D eigenvalue weighted by Gasteiger charge is 2.27. The van der Waals surface area contributed by atoms with Crippen LogP contribution in [0.25, 0.3) is 21.3 Å². The number of benzene rings is 1. The Morgan fingerprint density at radius 3 is 2.42 bits per heavy atom. The van der Waals surface area contributed by atoms with Crippen molar-refractivity contribution in [2.45, 2.75) is 54.0 Å². The Labute approximate surface area is 186 Å². The highest BCUT2D eigenvalue weighted by atomic mass is 32.1. The maximum atomic E-state index is 13.7. The Morgan fingerprint density at radius 1 is 1.16 bits per heavy atom. The summed E-state index contributed by atoms with van der Waals surface area (Å²) >= 11 is 1.50. The van der Waals surface area contributed by atoms with Crippen molar-refractivity contribution in [3.63, 3.8) is 0 Å². The van der Waals surface area contributed by atoms with E-state index in [1.54, 1.807) is 6.92 Å². The van der Waals surface area contributed by atoms with Crippen molar-refractivity contribution in [1.82, 2.24) is 9.55 Å². The van der Waals surface area contributed by atoms with Gasteiger partial charge in [-0.15, -0.1) is 11.3 Å². The van der Waals surface area contributed by atoms with Crippen LogP contribution in [0.3, 0.4) is 0 Å². The summed E-state index contributed by atoms with van der Waals surface area (Å²) < 4.78 is 12.5. The Hall–Kier alpha value is -2.67. The van der Waals surface area contributed by atoms with Crippen LogP contribution >= 0.6 is 11.3 Å². The van der Waals surface area contributed by atoms with E-state index in [1.165, 1.54) is 15.9 Å². The molecule has 1 unspecified atom stereocenters. The maximum Gasteiger partial charge on any atom is 0.329 e. The number of rotatable bonds is 8. The molecular weight excluding hydrogens is 412 g/mol. The predicted molar refractivity (Wildman–Crippen MR) is 125 cm³/mol. The highest BCUT2D eigenvalue weighted by Crippen LogP contribution is 2.36. The summed E-state index contributed by atoms with van der Waals surface area (Å²) in [6.45, 7) is 12.5. The molecule has 0 spiro atoms. The molecule has 2 aromatic heterocycles. The summed E-state index contributed by atoms with van der Waals surface area (Å²) in [6, 6.07) is 7.02. The summed E-state index contributed by atoms with van der Waals surface area (Å²) in [5, 5.41) is 0.548. The van der Waals surface area contributed by atoms with Crippen LogP contribution in [0.1, 0.15) is 50.9 Å². The first kappa shape index (κ1) is 23.0. The van der Waals surface area contributed by atoms with Crippen LogP contribution in [-0.4, -0.2) is 28.7 Å². The summed E-state index contributed by atoms with van der Waals surface area (Å²) in [5.41, 5.74) is 1.58. The van der Waals surface area contributed by atoms with Crippen LogP contribution < -0.4 is 10.3 Å². The fourth-order valence-corrected chi connectivity index (χ4v) is 4.76. The zero-order valence-electron chi connectivity index (χ0n) is 19.0. The third-order valence-electron chi connectivity index (χ3n) is 5.09. The van der Waals surface area contributed by atoms with Crippen LogP contribution in [0.5, 0.6) is 5.75 Å².